The second kappa shape index (κ2) is 4.73. The van der Waals surface area contributed by atoms with E-state index in [0.29, 0.717) is 10.9 Å². The molecule has 0 bridgehead atoms. The molecule has 0 saturated carbocycles. The molecule has 1 aliphatic heterocycles. The molecule has 0 aromatic rings. The number of carbonyl (C=O) groups is 1. The fourth-order valence-corrected chi connectivity index (χ4v) is 1.86. The van der Waals surface area contributed by atoms with Crippen molar-refractivity contribution in [1.29, 1.82) is 0 Å². The van der Waals surface area contributed by atoms with E-state index in [1.807, 2.05) is 4.90 Å². The zero-order valence-corrected chi connectivity index (χ0v) is 9.64. The van der Waals surface area contributed by atoms with Gasteiger partial charge in [0.2, 0.25) is 5.91 Å². The number of amides is 1. The smallest absolute Gasteiger partial charge is 0.232 e. The van der Waals surface area contributed by atoms with Gasteiger partial charge in [-0.1, -0.05) is 25.6 Å². The molecule has 14 heavy (non-hydrogen) atoms. The standard InChI is InChI=1S/C10H18N2OS/c1-3-8-4-5-12(6-8)10(13)7(2)9(11)14/h7-8H,3-6H2,1-2H3,(H2,11,14). The molecule has 1 saturated heterocycles. The van der Waals surface area contributed by atoms with E-state index in [1.54, 1.807) is 6.92 Å². The summed E-state index contributed by atoms with van der Waals surface area (Å²) in [4.78, 5) is 14.0. The Morgan fingerprint density at radius 3 is 2.79 bits per heavy atom. The number of thiocarbonyl (C=S) groups is 1. The normalized spacial score (nSPS) is 23.6. The van der Waals surface area contributed by atoms with Crippen molar-refractivity contribution in [3.8, 4) is 0 Å². The zero-order chi connectivity index (χ0) is 10.7. The van der Waals surface area contributed by atoms with Gasteiger partial charge in [-0.3, -0.25) is 4.79 Å². The minimum absolute atomic E-state index is 0.0912. The van der Waals surface area contributed by atoms with Gasteiger partial charge in [-0.25, -0.2) is 0 Å². The third-order valence-electron chi connectivity index (χ3n) is 2.97. The van der Waals surface area contributed by atoms with Crippen LogP contribution in [0, 0.1) is 11.8 Å². The summed E-state index contributed by atoms with van der Waals surface area (Å²) in [6.45, 7) is 5.69. The zero-order valence-electron chi connectivity index (χ0n) is 8.82. The van der Waals surface area contributed by atoms with E-state index in [-0.39, 0.29) is 11.8 Å². The van der Waals surface area contributed by atoms with Crippen molar-refractivity contribution in [1.82, 2.24) is 4.90 Å². The molecule has 0 aromatic heterocycles. The van der Waals surface area contributed by atoms with Crippen molar-refractivity contribution >= 4 is 23.1 Å². The highest BCUT2D eigenvalue weighted by atomic mass is 32.1. The molecule has 1 heterocycles. The first kappa shape index (κ1) is 11.4. The van der Waals surface area contributed by atoms with Crippen LogP contribution in [0.15, 0.2) is 0 Å². The largest absolute Gasteiger partial charge is 0.393 e. The number of rotatable bonds is 3. The minimum atomic E-state index is -0.305. The van der Waals surface area contributed by atoms with Gasteiger partial charge in [0.1, 0.15) is 0 Å². The lowest BCUT2D eigenvalue weighted by Gasteiger charge is -2.20. The first-order valence-corrected chi connectivity index (χ1v) is 5.55. The number of nitrogens with two attached hydrogens (primary N) is 1. The molecule has 0 spiro atoms. The number of hydrogen-bond acceptors (Lipinski definition) is 2. The Morgan fingerprint density at radius 1 is 1.71 bits per heavy atom. The summed E-state index contributed by atoms with van der Waals surface area (Å²) in [6.07, 6.45) is 2.26. The quantitative estimate of drug-likeness (QED) is 0.717. The van der Waals surface area contributed by atoms with Gasteiger partial charge in [-0.15, -0.1) is 0 Å². The van der Waals surface area contributed by atoms with Crippen LogP contribution in [0.1, 0.15) is 26.7 Å². The van der Waals surface area contributed by atoms with E-state index in [9.17, 15) is 4.79 Å². The number of nitrogens with zero attached hydrogens (tertiary/aromatic N) is 1. The predicted molar refractivity (Wildman–Crippen MR) is 60.9 cm³/mol. The highest BCUT2D eigenvalue weighted by Gasteiger charge is 2.28. The molecule has 1 aliphatic rings. The average Bonchev–Trinajstić information content (AvgIpc) is 2.63. The van der Waals surface area contributed by atoms with Crippen LogP contribution in [0.4, 0.5) is 0 Å². The SMILES string of the molecule is CCC1CCN(C(=O)C(C)C(N)=S)C1. The van der Waals surface area contributed by atoms with Crippen LogP contribution in [0.2, 0.25) is 0 Å². The van der Waals surface area contributed by atoms with Gasteiger partial charge in [0.15, 0.2) is 0 Å². The van der Waals surface area contributed by atoms with Crippen molar-refractivity contribution in [3.63, 3.8) is 0 Å². The predicted octanol–water partition coefficient (Wildman–Crippen LogP) is 1.17. The van der Waals surface area contributed by atoms with Crippen LogP contribution < -0.4 is 5.73 Å². The summed E-state index contributed by atoms with van der Waals surface area (Å²) in [5, 5.41) is 0. The third kappa shape index (κ3) is 2.44. The topological polar surface area (TPSA) is 46.3 Å². The van der Waals surface area contributed by atoms with Gasteiger partial charge in [-0.05, 0) is 19.3 Å². The Balaban J connectivity index is 2.51. The molecule has 0 aliphatic carbocycles. The van der Waals surface area contributed by atoms with Crippen molar-refractivity contribution < 1.29 is 4.79 Å². The lowest BCUT2D eigenvalue weighted by atomic mass is 10.1. The van der Waals surface area contributed by atoms with E-state index < -0.39 is 0 Å². The first-order valence-electron chi connectivity index (χ1n) is 5.14. The molecular formula is C10H18N2OS. The van der Waals surface area contributed by atoms with Crippen LogP contribution in [0.5, 0.6) is 0 Å². The Bertz CT molecular complexity index is 242. The van der Waals surface area contributed by atoms with E-state index in [1.165, 1.54) is 0 Å². The maximum absolute atomic E-state index is 11.8. The van der Waals surface area contributed by atoms with Gasteiger partial charge in [-0.2, -0.15) is 0 Å². The highest BCUT2D eigenvalue weighted by Crippen LogP contribution is 2.20. The van der Waals surface area contributed by atoms with Crippen molar-refractivity contribution in [2.24, 2.45) is 17.6 Å². The molecule has 2 N–H and O–H groups in total. The highest BCUT2D eigenvalue weighted by molar-refractivity contribution is 7.80. The van der Waals surface area contributed by atoms with Crippen molar-refractivity contribution in [2.45, 2.75) is 26.7 Å². The number of carbonyl (C=O) groups excluding carboxylic acids is 1. The molecule has 1 rings (SSSR count). The van der Waals surface area contributed by atoms with Gasteiger partial charge in [0, 0.05) is 13.1 Å². The molecule has 4 heteroatoms. The Morgan fingerprint density at radius 2 is 2.36 bits per heavy atom. The fourth-order valence-electron chi connectivity index (χ4n) is 1.76. The van der Waals surface area contributed by atoms with Crippen LogP contribution >= 0.6 is 12.2 Å². The molecule has 2 unspecified atom stereocenters. The summed E-state index contributed by atoms with van der Waals surface area (Å²) in [5.74, 6) is 0.451. The van der Waals surface area contributed by atoms with Crippen molar-refractivity contribution in [2.75, 3.05) is 13.1 Å². The lowest BCUT2D eigenvalue weighted by molar-refractivity contribution is -0.131. The maximum Gasteiger partial charge on any atom is 0.232 e. The Kier molecular flexibility index (Phi) is 3.86. The Hall–Kier alpha value is -0.640. The molecular weight excluding hydrogens is 196 g/mol. The van der Waals surface area contributed by atoms with E-state index in [2.05, 4.69) is 6.92 Å². The van der Waals surface area contributed by atoms with Gasteiger partial charge in [0.05, 0.1) is 10.9 Å². The molecule has 0 radical (unpaired) electrons. The van der Waals surface area contributed by atoms with Gasteiger partial charge >= 0.3 is 0 Å². The third-order valence-corrected chi connectivity index (χ3v) is 3.33. The van der Waals surface area contributed by atoms with Gasteiger partial charge in [0.25, 0.3) is 0 Å². The Labute approximate surface area is 90.6 Å². The van der Waals surface area contributed by atoms with E-state index in [0.717, 1.165) is 25.9 Å². The molecule has 1 amide bonds. The van der Waals surface area contributed by atoms with Crippen LogP contribution in [-0.4, -0.2) is 28.9 Å². The maximum atomic E-state index is 11.8. The van der Waals surface area contributed by atoms with E-state index >= 15 is 0 Å². The summed E-state index contributed by atoms with van der Waals surface area (Å²) >= 11 is 4.82. The summed E-state index contributed by atoms with van der Waals surface area (Å²) < 4.78 is 0. The summed E-state index contributed by atoms with van der Waals surface area (Å²) in [7, 11) is 0. The number of hydrogen-bond donors (Lipinski definition) is 1. The molecule has 1 fully saturated rings. The van der Waals surface area contributed by atoms with Gasteiger partial charge < -0.3 is 10.6 Å². The second-order valence-electron chi connectivity index (χ2n) is 3.97. The lowest BCUT2D eigenvalue weighted by Crippen LogP contribution is -2.38. The summed E-state index contributed by atoms with van der Waals surface area (Å²) in [6, 6.07) is 0. The molecule has 2 atom stereocenters. The minimum Gasteiger partial charge on any atom is -0.393 e. The van der Waals surface area contributed by atoms with E-state index in [4.69, 9.17) is 18.0 Å². The molecule has 0 aromatic carbocycles. The molecule has 3 nitrogen and oxygen atoms in total. The van der Waals surface area contributed by atoms with Crippen molar-refractivity contribution in [3.05, 3.63) is 0 Å². The molecule has 80 valence electrons. The van der Waals surface area contributed by atoms with Crippen LogP contribution in [-0.2, 0) is 4.79 Å². The summed E-state index contributed by atoms with van der Waals surface area (Å²) in [5.41, 5.74) is 5.46. The average molecular weight is 214 g/mol. The first-order chi connectivity index (χ1) is 6.56. The monoisotopic (exact) mass is 214 g/mol. The van der Waals surface area contributed by atoms with Crippen LogP contribution in [0.25, 0.3) is 0 Å². The second-order valence-corrected chi connectivity index (χ2v) is 4.44. The fraction of sp³-hybridized carbons (Fsp3) is 0.800. The van der Waals surface area contributed by atoms with Crippen LogP contribution in [0.3, 0.4) is 0 Å². The number of likely N-dealkylation sites (tertiary alicyclic amines) is 1.